The number of rotatable bonds is 8. The van der Waals surface area contributed by atoms with Gasteiger partial charge in [-0.05, 0) is 43.5 Å². The van der Waals surface area contributed by atoms with Crippen molar-refractivity contribution in [1.29, 1.82) is 0 Å². The van der Waals surface area contributed by atoms with E-state index < -0.39 is 9.84 Å². The van der Waals surface area contributed by atoms with E-state index in [4.69, 9.17) is 0 Å². The first kappa shape index (κ1) is 17.1. The zero-order valence-electron chi connectivity index (χ0n) is 12.4. The molecule has 1 N–H and O–H groups in total. The van der Waals surface area contributed by atoms with Crippen molar-refractivity contribution in [2.24, 2.45) is 0 Å². The van der Waals surface area contributed by atoms with Crippen molar-refractivity contribution in [3.63, 3.8) is 0 Å². The molecule has 1 aromatic rings. The highest BCUT2D eigenvalue weighted by Gasteiger charge is 2.14. The van der Waals surface area contributed by atoms with Crippen molar-refractivity contribution in [3.8, 4) is 0 Å². The zero-order valence-corrected chi connectivity index (χ0v) is 13.3. The topological polar surface area (TPSA) is 46.2 Å². The van der Waals surface area contributed by atoms with Gasteiger partial charge in [-0.1, -0.05) is 26.0 Å². The molecule has 0 aromatic heterocycles. The van der Waals surface area contributed by atoms with E-state index in [0.717, 1.165) is 18.5 Å². The van der Waals surface area contributed by atoms with Crippen LogP contribution < -0.4 is 5.32 Å². The Morgan fingerprint density at radius 2 is 2.00 bits per heavy atom. The summed E-state index contributed by atoms with van der Waals surface area (Å²) in [5, 5.41) is 3.33. The molecule has 1 unspecified atom stereocenters. The molecular formula is C15H24FNO2S. The molecule has 1 atom stereocenters. The van der Waals surface area contributed by atoms with Crippen molar-refractivity contribution < 1.29 is 12.8 Å². The van der Waals surface area contributed by atoms with Crippen molar-refractivity contribution in [1.82, 2.24) is 5.32 Å². The van der Waals surface area contributed by atoms with Crippen LogP contribution in [0.1, 0.15) is 43.9 Å². The Labute approximate surface area is 121 Å². The van der Waals surface area contributed by atoms with Gasteiger partial charge in [0, 0.05) is 11.8 Å². The average Bonchev–Trinajstić information content (AvgIpc) is 2.41. The van der Waals surface area contributed by atoms with Crippen LogP contribution in [-0.2, 0) is 9.84 Å². The predicted octanol–water partition coefficient (Wildman–Crippen LogP) is 3.00. The Balaban J connectivity index is 2.71. The van der Waals surface area contributed by atoms with Gasteiger partial charge in [0.05, 0.1) is 5.75 Å². The Morgan fingerprint density at radius 1 is 1.30 bits per heavy atom. The van der Waals surface area contributed by atoms with E-state index >= 15 is 0 Å². The van der Waals surface area contributed by atoms with E-state index in [1.807, 2.05) is 13.0 Å². The van der Waals surface area contributed by atoms with Crippen LogP contribution in [0.15, 0.2) is 18.2 Å². The quantitative estimate of drug-likeness (QED) is 0.803. The summed E-state index contributed by atoms with van der Waals surface area (Å²) >= 11 is 0. The second-order valence-electron chi connectivity index (χ2n) is 5.00. The molecule has 0 fully saturated rings. The number of nitrogens with one attached hydrogen (secondary N) is 1. The van der Waals surface area contributed by atoms with Gasteiger partial charge in [0.1, 0.15) is 15.7 Å². The Hall–Kier alpha value is -0.940. The summed E-state index contributed by atoms with van der Waals surface area (Å²) in [7, 11) is -2.91. The minimum Gasteiger partial charge on any atom is -0.310 e. The third kappa shape index (κ3) is 5.21. The molecular weight excluding hydrogens is 277 g/mol. The molecule has 0 saturated heterocycles. The number of sulfone groups is 1. The standard InChI is InChI=1S/C15H24FNO2S/c1-4-17-15(7-6-10-20(18,19)5-2)13-8-9-14(16)12(3)11-13/h8-9,11,15,17H,4-7,10H2,1-3H3. The zero-order chi connectivity index (χ0) is 15.2. The van der Waals surface area contributed by atoms with Crippen LogP contribution in [0.3, 0.4) is 0 Å². The minimum atomic E-state index is -2.91. The van der Waals surface area contributed by atoms with Gasteiger partial charge in [0.15, 0.2) is 0 Å². The molecule has 1 rings (SSSR count). The summed E-state index contributed by atoms with van der Waals surface area (Å²) in [4.78, 5) is 0. The number of benzene rings is 1. The Morgan fingerprint density at radius 3 is 2.55 bits per heavy atom. The van der Waals surface area contributed by atoms with E-state index in [-0.39, 0.29) is 23.4 Å². The molecule has 0 radical (unpaired) electrons. The fourth-order valence-corrected chi connectivity index (χ4v) is 3.06. The fraction of sp³-hybridized carbons (Fsp3) is 0.600. The predicted molar refractivity (Wildman–Crippen MR) is 81.1 cm³/mol. The molecule has 0 heterocycles. The van der Waals surface area contributed by atoms with Crippen LogP contribution in [0.4, 0.5) is 4.39 Å². The van der Waals surface area contributed by atoms with E-state index in [1.54, 1.807) is 19.9 Å². The molecule has 0 aliphatic rings. The molecule has 0 amide bonds. The van der Waals surface area contributed by atoms with Gasteiger partial charge in [0.2, 0.25) is 0 Å². The largest absolute Gasteiger partial charge is 0.310 e. The maximum absolute atomic E-state index is 13.3. The van der Waals surface area contributed by atoms with Crippen LogP contribution in [0.25, 0.3) is 0 Å². The van der Waals surface area contributed by atoms with Gasteiger partial charge >= 0.3 is 0 Å². The minimum absolute atomic E-state index is 0.0753. The summed E-state index contributed by atoms with van der Waals surface area (Å²) in [5.41, 5.74) is 1.63. The third-order valence-electron chi connectivity index (χ3n) is 3.42. The maximum atomic E-state index is 13.3. The van der Waals surface area contributed by atoms with Crippen molar-refractivity contribution in [2.75, 3.05) is 18.1 Å². The van der Waals surface area contributed by atoms with Crippen LogP contribution in [0.5, 0.6) is 0 Å². The van der Waals surface area contributed by atoms with Crippen molar-refractivity contribution >= 4 is 9.84 Å². The number of aryl methyl sites for hydroxylation is 1. The first-order valence-corrected chi connectivity index (χ1v) is 8.91. The highest BCUT2D eigenvalue weighted by molar-refractivity contribution is 7.91. The summed E-state index contributed by atoms with van der Waals surface area (Å²) in [6, 6.07) is 5.14. The molecule has 0 bridgehead atoms. The number of hydrogen-bond acceptors (Lipinski definition) is 3. The monoisotopic (exact) mass is 301 g/mol. The highest BCUT2D eigenvalue weighted by atomic mass is 32.2. The summed E-state index contributed by atoms with van der Waals surface area (Å²) in [6.07, 6.45) is 1.35. The highest BCUT2D eigenvalue weighted by Crippen LogP contribution is 2.21. The lowest BCUT2D eigenvalue weighted by Gasteiger charge is -2.19. The lowest BCUT2D eigenvalue weighted by Crippen LogP contribution is -2.22. The van der Waals surface area contributed by atoms with E-state index in [9.17, 15) is 12.8 Å². The fourth-order valence-electron chi connectivity index (χ4n) is 2.17. The SMILES string of the molecule is CCNC(CCCS(=O)(=O)CC)c1ccc(F)c(C)c1. The van der Waals surface area contributed by atoms with Gasteiger partial charge in [-0.3, -0.25) is 0 Å². The first-order valence-electron chi connectivity index (χ1n) is 7.09. The molecule has 114 valence electrons. The van der Waals surface area contributed by atoms with Gasteiger partial charge in [-0.25, -0.2) is 12.8 Å². The molecule has 5 heteroatoms. The second-order valence-corrected chi connectivity index (χ2v) is 7.47. The molecule has 0 saturated carbocycles. The molecule has 0 aliphatic carbocycles. The molecule has 20 heavy (non-hydrogen) atoms. The molecule has 3 nitrogen and oxygen atoms in total. The van der Waals surface area contributed by atoms with Crippen LogP contribution in [-0.4, -0.2) is 26.5 Å². The van der Waals surface area contributed by atoms with Crippen molar-refractivity contribution in [3.05, 3.63) is 35.1 Å². The lowest BCUT2D eigenvalue weighted by atomic mass is 10.0. The maximum Gasteiger partial charge on any atom is 0.150 e. The molecule has 1 aromatic carbocycles. The van der Waals surface area contributed by atoms with Gasteiger partial charge in [-0.2, -0.15) is 0 Å². The summed E-state index contributed by atoms with van der Waals surface area (Å²) < 4.78 is 36.3. The summed E-state index contributed by atoms with van der Waals surface area (Å²) in [6.45, 7) is 6.21. The molecule has 0 spiro atoms. The third-order valence-corrected chi connectivity index (χ3v) is 5.21. The van der Waals surface area contributed by atoms with Gasteiger partial charge < -0.3 is 5.32 Å². The second kappa shape index (κ2) is 7.74. The van der Waals surface area contributed by atoms with Gasteiger partial charge in [0.25, 0.3) is 0 Å². The van der Waals surface area contributed by atoms with Gasteiger partial charge in [-0.15, -0.1) is 0 Å². The average molecular weight is 301 g/mol. The normalized spacial score (nSPS) is 13.4. The lowest BCUT2D eigenvalue weighted by molar-refractivity contribution is 0.505. The van der Waals surface area contributed by atoms with Crippen LogP contribution in [0.2, 0.25) is 0 Å². The Bertz CT molecular complexity index is 529. The first-order chi connectivity index (χ1) is 9.39. The number of hydrogen-bond donors (Lipinski definition) is 1. The summed E-state index contributed by atoms with van der Waals surface area (Å²) in [5.74, 6) is 0.192. The van der Waals surface area contributed by atoms with Crippen LogP contribution in [0, 0.1) is 12.7 Å². The van der Waals surface area contributed by atoms with E-state index in [1.165, 1.54) is 6.07 Å². The molecule has 0 aliphatic heterocycles. The van der Waals surface area contributed by atoms with E-state index in [2.05, 4.69) is 5.32 Å². The Kier molecular flexibility index (Phi) is 6.62. The van der Waals surface area contributed by atoms with E-state index in [0.29, 0.717) is 12.0 Å². The van der Waals surface area contributed by atoms with Crippen LogP contribution >= 0.6 is 0 Å². The number of halogens is 1. The van der Waals surface area contributed by atoms with Crippen molar-refractivity contribution in [2.45, 2.75) is 39.7 Å². The smallest absolute Gasteiger partial charge is 0.150 e.